The van der Waals surface area contributed by atoms with Gasteiger partial charge in [-0.1, -0.05) is 6.07 Å². The number of nitrogens with two attached hydrogens (primary N) is 1. The lowest BCUT2D eigenvalue weighted by Gasteiger charge is -2.24. The maximum absolute atomic E-state index is 15.0. The van der Waals surface area contributed by atoms with Crippen LogP contribution in [0.2, 0.25) is 0 Å². The summed E-state index contributed by atoms with van der Waals surface area (Å²) in [7, 11) is 0. The summed E-state index contributed by atoms with van der Waals surface area (Å²) in [5, 5.41) is 16.6. The predicted molar refractivity (Wildman–Crippen MR) is 140 cm³/mol. The quantitative estimate of drug-likeness (QED) is 0.194. The van der Waals surface area contributed by atoms with Crippen LogP contribution in [0, 0.1) is 11.6 Å². The number of fused-ring (bicyclic) bond motifs is 1. The van der Waals surface area contributed by atoms with Crippen molar-refractivity contribution in [2.45, 2.75) is 13.0 Å². The van der Waals surface area contributed by atoms with E-state index in [1.165, 1.54) is 40.4 Å². The fraction of sp³-hybridized carbons (Fsp3) is 0.308. The minimum Gasteiger partial charge on any atom is -0.493 e. The number of primary amides is 1. The van der Waals surface area contributed by atoms with Gasteiger partial charge in [0.25, 0.3) is 0 Å². The van der Waals surface area contributed by atoms with E-state index in [1.54, 1.807) is 18.2 Å². The van der Waals surface area contributed by atoms with Gasteiger partial charge in [0.15, 0.2) is 11.6 Å². The van der Waals surface area contributed by atoms with E-state index >= 15 is 4.39 Å². The van der Waals surface area contributed by atoms with Gasteiger partial charge in [-0.2, -0.15) is 5.10 Å². The summed E-state index contributed by atoms with van der Waals surface area (Å²) in [4.78, 5) is 21.5. The zero-order valence-corrected chi connectivity index (χ0v) is 21.1. The smallest absolute Gasteiger partial charge is 0.239 e. The lowest BCUT2D eigenvalue weighted by Crippen LogP contribution is -2.22. The zero-order valence-electron chi connectivity index (χ0n) is 21.1. The van der Waals surface area contributed by atoms with Crippen LogP contribution < -0.4 is 20.7 Å². The highest BCUT2D eigenvalue weighted by Gasteiger charge is 2.23. The molecular formula is C26H29F2N7O4. The van der Waals surface area contributed by atoms with Gasteiger partial charge in [0, 0.05) is 24.2 Å². The van der Waals surface area contributed by atoms with Gasteiger partial charge in [-0.15, -0.1) is 0 Å². The molecule has 1 amide bonds. The first-order valence-electron chi connectivity index (χ1n) is 12.3. The van der Waals surface area contributed by atoms with Crippen molar-refractivity contribution in [3.05, 3.63) is 66.8 Å². The first-order valence-corrected chi connectivity index (χ1v) is 12.3. The zero-order chi connectivity index (χ0) is 27.6. The Morgan fingerprint density at radius 1 is 1.13 bits per heavy atom. The molecule has 39 heavy (non-hydrogen) atoms. The number of carbonyl (C=O) groups excluding carboxylic acids is 1. The average molecular weight is 542 g/mol. The van der Waals surface area contributed by atoms with Crippen LogP contribution in [-0.4, -0.2) is 70.3 Å². The maximum Gasteiger partial charge on any atom is 0.239 e. The van der Waals surface area contributed by atoms with Crippen molar-refractivity contribution in [1.29, 1.82) is 0 Å². The van der Waals surface area contributed by atoms with Crippen molar-refractivity contribution >= 4 is 34.0 Å². The molecular weight excluding hydrogens is 512 g/mol. The number of aromatic nitrogens is 4. The molecule has 11 nitrogen and oxygen atoms in total. The van der Waals surface area contributed by atoms with E-state index in [1.807, 2.05) is 0 Å². The number of rotatable bonds is 15. The van der Waals surface area contributed by atoms with Gasteiger partial charge >= 0.3 is 0 Å². The molecule has 2 aromatic heterocycles. The standard InChI is InChI=1S/C26H29F2N7O4/c27-21-3-1-4-23(25(21)28)35(18-14-33-34(15-18)16-24(29)37)26-20-6-5-19(13-22(20)31-17-32-26)39-10-2-7-30-8-11-38-12-9-36/h1,3-6,13-15,17,30,36H,2,7-12,16H2,(H2,29,37). The van der Waals surface area contributed by atoms with E-state index in [9.17, 15) is 9.18 Å². The molecule has 0 unspecified atom stereocenters. The molecule has 4 aromatic rings. The summed E-state index contributed by atoms with van der Waals surface area (Å²) in [6, 6.07) is 9.07. The summed E-state index contributed by atoms with van der Waals surface area (Å²) >= 11 is 0. The third-order valence-electron chi connectivity index (χ3n) is 5.59. The number of halogens is 2. The number of amides is 1. The number of nitrogens with one attached hydrogen (secondary N) is 1. The highest BCUT2D eigenvalue weighted by Crippen LogP contribution is 2.39. The van der Waals surface area contributed by atoms with Crippen molar-refractivity contribution in [2.24, 2.45) is 5.73 Å². The first-order chi connectivity index (χ1) is 19.0. The number of anilines is 3. The van der Waals surface area contributed by atoms with E-state index in [0.717, 1.165) is 19.0 Å². The Balaban J connectivity index is 1.55. The van der Waals surface area contributed by atoms with Crippen molar-refractivity contribution in [3.63, 3.8) is 0 Å². The summed E-state index contributed by atoms with van der Waals surface area (Å²) in [5.41, 5.74) is 6.05. The third-order valence-corrected chi connectivity index (χ3v) is 5.59. The van der Waals surface area contributed by atoms with Gasteiger partial charge in [0.1, 0.15) is 24.4 Å². The molecule has 2 heterocycles. The molecule has 0 aliphatic carbocycles. The van der Waals surface area contributed by atoms with Crippen molar-refractivity contribution in [1.82, 2.24) is 25.1 Å². The molecule has 0 spiro atoms. The topological polar surface area (TPSA) is 141 Å². The summed E-state index contributed by atoms with van der Waals surface area (Å²) in [5.74, 6) is -1.82. The van der Waals surface area contributed by atoms with Crippen LogP contribution >= 0.6 is 0 Å². The third kappa shape index (κ3) is 7.22. The van der Waals surface area contributed by atoms with Crippen LogP contribution in [0.4, 0.5) is 26.0 Å². The number of hydrogen-bond acceptors (Lipinski definition) is 9. The number of hydrogen-bond donors (Lipinski definition) is 3. The predicted octanol–water partition coefficient (Wildman–Crippen LogP) is 2.43. The SMILES string of the molecule is NC(=O)Cn1cc(N(c2cccc(F)c2F)c2ncnc3cc(OCCCNCCOCCO)ccc23)cn1. The Morgan fingerprint density at radius 2 is 2.00 bits per heavy atom. The number of aliphatic hydroxyl groups is 1. The number of nitrogens with zero attached hydrogens (tertiary/aromatic N) is 5. The van der Waals surface area contributed by atoms with Crippen molar-refractivity contribution in [3.8, 4) is 5.75 Å². The van der Waals surface area contributed by atoms with Gasteiger partial charge < -0.3 is 25.6 Å². The van der Waals surface area contributed by atoms with E-state index < -0.39 is 17.5 Å². The van der Waals surface area contributed by atoms with Gasteiger partial charge in [-0.05, 0) is 37.2 Å². The Kier molecular flexibility index (Phi) is 9.67. The summed E-state index contributed by atoms with van der Waals surface area (Å²) in [6.45, 7) is 2.56. The average Bonchev–Trinajstić information content (AvgIpc) is 3.37. The van der Waals surface area contributed by atoms with E-state index in [4.69, 9.17) is 20.3 Å². The minimum absolute atomic E-state index is 0.00736. The van der Waals surface area contributed by atoms with Crippen molar-refractivity contribution < 1.29 is 28.2 Å². The fourth-order valence-electron chi connectivity index (χ4n) is 3.87. The molecule has 4 rings (SSSR count). The second-order valence-electron chi connectivity index (χ2n) is 8.44. The highest BCUT2D eigenvalue weighted by molar-refractivity contribution is 5.95. The molecule has 0 radical (unpaired) electrons. The molecule has 4 N–H and O–H groups in total. The highest BCUT2D eigenvalue weighted by atomic mass is 19.2. The Labute approximate surface area is 223 Å². The van der Waals surface area contributed by atoms with E-state index in [2.05, 4.69) is 20.4 Å². The molecule has 0 saturated heterocycles. The molecule has 2 aromatic carbocycles. The van der Waals surface area contributed by atoms with Crippen LogP contribution in [0.1, 0.15) is 6.42 Å². The largest absolute Gasteiger partial charge is 0.493 e. The van der Waals surface area contributed by atoms with Gasteiger partial charge in [-0.3, -0.25) is 14.4 Å². The van der Waals surface area contributed by atoms with Gasteiger partial charge in [-0.25, -0.2) is 18.7 Å². The molecule has 0 bridgehead atoms. The fourth-order valence-corrected chi connectivity index (χ4v) is 3.87. The molecule has 0 saturated carbocycles. The number of ether oxygens (including phenoxy) is 2. The van der Waals surface area contributed by atoms with Crippen LogP contribution in [0.5, 0.6) is 5.75 Å². The lowest BCUT2D eigenvalue weighted by atomic mass is 10.2. The van der Waals surface area contributed by atoms with Crippen LogP contribution in [0.15, 0.2) is 55.1 Å². The lowest BCUT2D eigenvalue weighted by molar-refractivity contribution is -0.118. The number of aliphatic hydroxyl groups excluding tert-OH is 1. The van der Waals surface area contributed by atoms with E-state index in [-0.39, 0.29) is 24.7 Å². The number of benzene rings is 2. The normalized spacial score (nSPS) is 11.2. The Hall–Kier alpha value is -4.20. The molecule has 13 heteroatoms. The van der Waals surface area contributed by atoms with Crippen LogP contribution in [0.25, 0.3) is 10.9 Å². The molecule has 0 atom stereocenters. The molecule has 206 valence electrons. The molecule has 0 aliphatic rings. The Bertz CT molecular complexity index is 1400. The molecule has 0 fully saturated rings. The summed E-state index contributed by atoms with van der Waals surface area (Å²) < 4.78 is 41.6. The second kappa shape index (κ2) is 13.6. The first kappa shape index (κ1) is 27.8. The Morgan fingerprint density at radius 3 is 2.82 bits per heavy atom. The van der Waals surface area contributed by atoms with Gasteiger partial charge in [0.2, 0.25) is 5.91 Å². The number of carbonyl (C=O) groups is 1. The summed E-state index contributed by atoms with van der Waals surface area (Å²) in [6.07, 6.45) is 4.98. The van der Waals surface area contributed by atoms with Crippen LogP contribution in [0.3, 0.4) is 0 Å². The van der Waals surface area contributed by atoms with Gasteiger partial charge in [0.05, 0.1) is 49.5 Å². The maximum atomic E-state index is 15.0. The van der Waals surface area contributed by atoms with E-state index in [0.29, 0.717) is 48.7 Å². The molecule has 0 aliphatic heterocycles. The van der Waals surface area contributed by atoms with Crippen molar-refractivity contribution in [2.75, 3.05) is 44.4 Å². The minimum atomic E-state index is -1.07. The monoisotopic (exact) mass is 541 g/mol. The van der Waals surface area contributed by atoms with Crippen LogP contribution in [-0.2, 0) is 16.1 Å². The second-order valence-corrected chi connectivity index (χ2v) is 8.44.